The molecule has 0 unspecified atom stereocenters. The maximum absolute atomic E-state index is 8.82. The molecule has 0 aliphatic heterocycles. The van der Waals surface area contributed by atoms with Gasteiger partial charge in [-0.3, -0.25) is 0 Å². The van der Waals surface area contributed by atoms with E-state index in [4.69, 9.17) is 11.0 Å². The number of hydrogen-bond donors (Lipinski definition) is 2. The summed E-state index contributed by atoms with van der Waals surface area (Å²) in [5, 5.41) is 13.0. The topological polar surface area (TPSA) is 87.6 Å². The Morgan fingerprint density at radius 2 is 2.05 bits per heavy atom. The molecule has 0 aliphatic rings. The number of rotatable bonds is 3. The molecule has 104 valence electrons. The summed E-state index contributed by atoms with van der Waals surface area (Å²) >= 11 is 1.63. The van der Waals surface area contributed by atoms with Crippen molar-refractivity contribution in [1.82, 2.24) is 9.97 Å². The number of aromatic nitrogens is 2. The molecule has 0 aliphatic carbocycles. The van der Waals surface area contributed by atoms with Crippen LogP contribution in [-0.4, -0.2) is 9.97 Å². The summed E-state index contributed by atoms with van der Waals surface area (Å²) < 4.78 is 0. The fourth-order valence-corrected chi connectivity index (χ4v) is 3.00. The van der Waals surface area contributed by atoms with E-state index in [0.717, 1.165) is 22.3 Å². The molecule has 0 saturated heterocycles. The maximum atomic E-state index is 8.82. The van der Waals surface area contributed by atoms with Crippen LogP contribution in [0.15, 0.2) is 30.3 Å². The molecule has 3 N–H and O–H groups in total. The highest BCUT2D eigenvalue weighted by Crippen LogP contribution is 2.31. The Labute approximate surface area is 126 Å². The minimum absolute atomic E-state index is 0.253. The van der Waals surface area contributed by atoms with Crippen molar-refractivity contribution in [2.45, 2.75) is 13.3 Å². The fourth-order valence-electron chi connectivity index (χ4n) is 2.02. The van der Waals surface area contributed by atoms with Gasteiger partial charge in [0.1, 0.15) is 10.6 Å². The highest BCUT2D eigenvalue weighted by Gasteiger charge is 2.10. The lowest BCUT2D eigenvalue weighted by molar-refractivity contribution is 1.19. The van der Waals surface area contributed by atoms with Crippen molar-refractivity contribution < 1.29 is 0 Å². The summed E-state index contributed by atoms with van der Waals surface area (Å²) in [4.78, 5) is 10.7. The Kier molecular flexibility index (Phi) is 3.42. The molecule has 0 fully saturated rings. The minimum atomic E-state index is 0.253. The number of benzene rings is 1. The Hall–Kier alpha value is -2.65. The number of aryl methyl sites for hydroxylation is 1. The quantitative estimate of drug-likeness (QED) is 0.772. The Morgan fingerprint density at radius 3 is 2.71 bits per heavy atom. The number of fused-ring (bicyclic) bond motifs is 1. The van der Waals surface area contributed by atoms with Crippen LogP contribution in [0.3, 0.4) is 0 Å². The van der Waals surface area contributed by atoms with Crippen LogP contribution < -0.4 is 11.1 Å². The fraction of sp³-hybridized carbons (Fsp3) is 0.133. The van der Waals surface area contributed by atoms with Gasteiger partial charge >= 0.3 is 0 Å². The van der Waals surface area contributed by atoms with Gasteiger partial charge in [-0.05, 0) is 36.8 Å². The number of nitrogens with zero attached hydrogens (tertiary/aromatic N) is 3. The number of thiophene rings is 1. The Balaban J connectivity index is 2.02. The number of nitrogens with one attached hydrogen (secondary N) is 1. The number of nitrogens with two attached hydrogens (primary N) is 1. The molecule has 1 aromatic carbocycles. The van der Waals surface area contributed by atoms with E-state index >= 15 is 0 Å². The van der Waals surface area contributed by atoms with Crippen LogP contribution in [0.5, 0.6) is 0 Å². The molecule has 0 radical (unpaired) electrons. The van der Waals surface area contributed by atoms with E-state index in [2.05, 4.69) is 34.3 Å². The largest absolute Gasteiger partial charge is 0.368 e. The lowest BCUT2D eigenvalue weighted by Crippen LogP contribution is -2.00. The zero-order chi connectivity index (χ0) is 14.8. The van der Waals surface area contributed by atoms with E-state index in [0.29, 0.717) is 11.4 Å². The molecule has 0 spiro atoms. The molecule has 3 aromatic rings. The first kappa shape index (κ1) is 13.3. The average molecular weight is 295 g/mol. The summed E-state index contributed by atoms with van der Waals surface area (Å²) in [6, 6.07) is 11.4. The molecule has 0 saturated carbocycles. The third kappa shape index (κ3) is 2.64. The normalized spacial score (nSPS) is 10.5. The summed E-state index contributed by atoms with van der Waals surface area (Å²) in [5.41, 5.74) is 7.26. The first-order chi connectivity index (χ1) is 10.2. The highest BCUT2D eigenvalue weighted by atomic mass is 32.1. The van der Waals surface area contributed by atoms with E-state index in [1.807, 2.05) is 12.1 Å². The second-order valence-electron chi connectivity index (χ2n) is 4.53. The molecular weight excluding hydrogens is 282 g/mol. The second-order valence-corrected chi connectivity index (χ2v) is 5.64. The molecule has 21 heavy (non-hydrogen) atoms. The van der Waals surface area contributed by atoms with Gasteiger partial charge in [0.15, 0.2) is 0 Å². The van der Waals surface area contributed by atoms with Crippen molar-refractivity contribution in [3.63, 3.8) is 0 Å². The van der Waals surface area contributed by atoms with Crippen LogP contribution in [-0.2, 0) is 6.42 Å². The Bertz CT molecular complexity index is 830. The summed E-state index contributed by atoms with van der Waals surface area (Å²) in [7, 11) is 0. The van der Waals surface area contributed by atoms with Gasteiger partial charge in [0.05, 0.1) is 17.0 Å². The summed E-state index contributed by atoms with van der Waals surface area (Å²) in [6.45, 7) is 2.11. The maximum Gasteiger partial charge on any atom is 0.223 e. The van der Waals surface area contributed by atoms with Gasteiger partial charge in [0.2, 0.25) is 5.95 Å². The van der Waals surface area contributed by atoms with Crippen LogP contribution in [0.4, 0.5) is 17.5 Å². The second kappa shape index (κ2) is 5.38. The van der Waals surface area contributed by atoms with Crippen LogP contribution in [0, 0.1) is 11.3 Å². The van der Waals surface area contributed by atoms with Crippen LogP contribution in [0.2, 0.25) is 0 Å². The first-order valence-corrected chi connectivity index (χ1v) is 7.34. The zero-order valence-corrected chi connectivity index (χ0v) is 12.2. The molecule has 0 amide bonds. The average Bonchev–Trinajstić information content (AvgIpc) is 2.91. The monoisotopic (exact) mass is 295 g/mol. The molecular formula is C15H13N5S. The third-order valence-electron chi connectivity index (χ3n) is 3.09. The molecule has 5 nitrogen and oxygen atoms in total. The number of nitriles is 1. The minimum Gasteiger partial charge on any atom is -0.368 e. The SMILES string of the molecule is CCc1cc2c(Nc3ccc(C#N)cc3)nc(N)nc2s1. The molecule has 6 heteroatoms. The first-order valence-electron chi connectivity index (χ1n) is 6.52. The molecule has 3 rings (SSSR count). The zero-order valence-electron chi connectivity index (χ0n) is 11.4. The van der Waals surface area contributed by atoms with Crippen molar-refractivity contribution in [2.75, 3.05) is 11.1 Å². The van der Waals surface area contributed by atoms with Crippen molar-refractivity contribution >= 4 is 39.0 Å². The van der Waals surface area contributed by atoms with E-state index in [1.54, 1.807) is 23.5 Å². The van der Waals surface area contributed by atoms with E-state index < -0.39 is 0 Å². The van der Waals surface area contributed by atoms with Gasteiger partial charge in [-0.1, -0.05) is 6.92 Å². The van der Waals surface area contributed by atoms with Gasteiger partial charge in [0.25, 0.3) is 0 Å². The van der Waals surface area contributed by atoms with Crippen molar-refractivity contribution in [3.05, 3.63) is 40.8 Å². The Morgan fingerprint density at radius 1 is 1.29 bits per heavy atom. The third-order valence-corrected chi connectivity index (χ3v) is 4.26. The van der Waals surface area contributed by atoms with Gasteiger partial charge < -0.3 is 11.1 Å². The number of nitrogen functional groups attached to an aromatic ring is 1. The number of anilines is 3. The van der Waals surface area contributed by atoms with E-state index in [9.17, 15) is 0 Å². The van der Waals surface area contributed by atoms with Crippen molar-refractivity contribution in [2.24, 2.45) is 0 Å². The van der Waals surface area contributed by atoms with Gasteiger partial charge in [-0.15, -0.1) is 11.3 Å². The summed E-state index contributed by atoms with van der Waals surface area (Å²) in [6.07, 6.45) is 0.956. The van der Waals surface area contributed by atoms with E-state index in [-0.39, 0.29) is 5.95 Å². The summed E-state index contributed by atoms with van der Waals surface area (Å²) in [5.74, 6) is 0.946. The van der Waals surface area contributed by atoms with E-state index in [1.165, 1.54) is 4.88 Å². The van der Waals surface area contributed by atoms with Crippen LogP contribution in [0.1, 0.15) is 17.4 Å². The van der Waals surface area contributed by atoms with Crippen LogP contribution >= 0.6 is 11.3 Å². The molecule has 0 bridgehead atoms. The molecule has 2 aromatic heterocycles. The van der Waals surface area contributed by atoms with Crippen molar-refractivity contribution in [3.8, 4) is 6.07 Å². The number of hydrogen-bond acceptors (Lipinski definition) is 6. The predicted octanol–water partition coefficient (Wildman–Crippen LogP) is 3.45. The van der Waals surface area contributed by atoms with Crippen LogP contribution in [0.25, 0.3) is 10.2 Å². The van der Waals surface area contributed by atoms with Gasteiger partial charge in [-0.25, -0.2) is 4.98 Å². The van der Waals surface area contributed by atoms with Gasteiger partial charge in [-0.2, -0.15) is 10.2 Å². The van der Waals surface area contributed by atoms with Crippen molar-refractivity contribution in [1.29, 1.82) is 5.26 Å². The van der Waals surface area contributed by atoms with Gasteiger partial charge in [0, 0.05) is 10.6 Å². The highest BCUT2D eigenvalue weighted by molar-refractivity contribution is 7.18. The standard InChI is InChI=1S/C15H13N5S/c1-2-11-7-12-13(19-15(17)20-14(12)21-11)18-10-5-3-9(8-16)4-6-10/h3-7H,2H2,1H3,(H3,17,18,19,20). The smallest absolute Gasteiger partial charge is 0.223 e. The lowest BCUT2D eigenvalue weighted by atomic mass is 10.2. The molecule has 0 atom stereocenters. The molecule has 2 heterocycles. The lowest BCUT2D eigenvalue weighted by Gasteiger charge is -2.07. The predicted molar refractivity (Wildman–Crippen MR) is 85.6 cm³/mol.